The maximum atomic E-state index is 14.2. The Kier molecular flexibility index (Phi) is 7.52. The van der Waals surface area contributed by atoms with Crippen molar-refractivity contribution in [2.45, 2.75) is 24.8 Å². The van der Waals surface area contributed by atoms with Crippen molar-refractivity contribution in [3.8, 4) is 11.1 Å². The normalized spacial score (nSPS) is 14.7. The quantitative estimate of drug-likeness (QED) is 0.264. The molecule has 1 aromatic heterocycles. The van der Waals surface area contributed by atoms with E-state index in [2.05, 4.69) is 15.6 Å². The first kappa shape index (κ1) is 27.5. The zero-order chi connectivity index (χ0) is 29.3. The number of aromatic nitrogens is 1. The summed E-state index contributed by atoms with van der Waals surface area (Å²) in [7, 11) is 0. The minimum absolute atomic E-state index is 0.115. The van der Waals surface area contributed by atoms with Gasteiger partial charge in [0.1, 0.15) is 23.3 Å². The summed E-state index contributed by atoms with van der Waals surface area (Å²) in [5, 5.41) is 5.40. The number of amides is 3. The smallest absolute Gasteiger partial charge is 0.251 e. The molecule has 1 aliphatic heterocycles. The molecular weight excluding hydrogens is 540 g/mol. The first-order valence-corrected chi connectivity index (χ1v) is 12.5. The van der Waals surface area contributed by atoms with E-state index in [-0.39, 0.29) is 29.7 Å². The highest BCUT2D eigenvalue weighted by molar-refractivity contribution is 6.05. The van der Waals surface area contributed by atoms with Gasteiger partial charge in [0.05, 0.1) is 23.2 Å². The number of hydrogen-bond acceptors (Lipinski definition) is 4. The standard InChI is InChI=1S/C30H22F4N4O3/c31-17-4-6-25-21(13-17)22(30(41)38-25)14-27(39)37-26(10-15-8-18(32)12-19(33)9-15)28-20(2-1-7-36-28)16-3-5-24(34)23(11-16)29(35)40/h1-9,11-13,22,26H,10,14H2,(H2,35,40)(H,37,39)(H,38,41)/t22-,26?/m0/s1. The van der Waals surface area contributed by atoms with Gasteiger partial charge in [-0.1, -0.05) is 12.1 Å². The minimum Gasteiger partial charge on any atom is -0.366 e. The highest BCUT2D eigenvalue weighted by Crippen LogP contribution is 2.36. The van der Waals surface area contributed by atoms with Crippen LogP contribution in [0.2, 0.25) is 0 Å². The number of nitrogens with zero attached hydrogens (tertiary/aromatic N) is 1. The van der Waals surface area contributed by atoms with E-state index in [0.29, 0.717) is 28.4 Å². The number of nitrogens with two attached hydrogens (primary N) is 1. The number of hydrogen-bond donors (Lipinski definition) is 3. The summed E-state index contributed by atoms with van der Waals surface area (Å²) in [5.41, 5.74) is 6.87. The predicted molar refractivity (Wildman–Crippen MR) is 141 cm³/mol. The van der Waals surface area contributed by atoms with Crippen LogP contribution in [0.25, 0.3) is 11.1 Å². The number of carbonyl (C=O) groups excluding carboxylic acids is 3. The number of primary amides is 1. The SMILES string of the molecule is NC(=O)c1cc(-c2cccnc2C(Cc2cc(F)cc(F)c2)NC(=O)C[C@@H]2C(=O)Nc3ccc(F)cc32)ccc1F. The monoisotopic (exact) mass is 562 g/mol. The van der Waals surface area contributed by atoms with Crippen LogP contribution in [0.15, 0.2) is 72.9 Å². The molecule has 0 saturated carbocycles. The number of rotatable bonds is 8. The van der Waals surface area contributed by atoms with Gasteiger partial charge in [-0.25, -0.2) is 17.6 Å². The van der Waals surface area contributed by atoms with Crippen molar-refractivity contribution < 1.29 is 31.9 Å². The van der Waals surface area contributed by atoms with Crippen molar-refractivity contribution in [2.75, 3.05) is 5.32 Å². The van der Waals surface area contributed by atoms with Crippen LogP contribution in [-0.4, -0.2) is 22.7 Å². The summed E-state index contributed by atoms with van der Waals surface area (Å²) in [6, 6.07) is 12.6. The van der Waals surface area contributed by atoms with Gasteiger partial charge >= 0.3 is 0 Å². The molecule has 2 atom stereocenters. The molecule has 11 heteroatoms. The molecule has 0 fully saturated rings. The number of nitrogens with one attached hydrogen (secondary N) is 2. The molecule has 4 N–H and O–H groups in total. The summed E-state index contributed by atoms with van der Waals surface area (Å²) < 4.78 is 56.1. The van der Waals surface area contributed by atoms with Crippen molar-refractivity contribution in [2.24, 2.45) is 5.73 Å². The van der Waals surface area contributed by atoms with E-state index in [1.165, 1.54) is 36.5 Å². The summed E-state index contributed by atoms with van der Waals surface area (Å²) >= 11 is 0. The van der Waals surface area contributed by atoms with Crippen molar-refractivity contribution in [3.05, 3.63) is 119 Å². The van der Waals surface area contributed by atoms with Crippen LogP contribution < -0.4 is 16.4 Å². The number of pyridine rings is 1. The van der Waals surface area contributed by atoms with E-state index >= 15 is 0 Å². The highest BCUT2D eigenvalue weighted by atomic mass is 19.1. The fourth-order valence-electron chi connectivity index (χ4n) is 4.94. The van der Waals surface area contributed by atoms with Gasteiger partial charge in [-0.05, 0) is 71.6 Å². The molecule has 3 aromatic carbocycles. The lowest BCUT2D eigenvalue weighted by molar-refractivity contribution is -0.125. The second kappa shape index (κ2) is 11.2. The van der Waals surface area contributed by atoms with E-state index < -0.39 is 53.0 Å². The zero-order valence-electron chi connectivity index (χ0n) is 21.3. The number of halogens is 4. The fraction of sp³-hybridized carbons (Fsp3) is 0.133. The number of anilines is 1. The first-order valence-electron chi connectivity index (χ1n) is 12.5. The molecule has 4 aromatic rings. The lowest BCUT2D eigenvalue weighted by atomic mass is 9.93. The highest BCUT2D eigenvalue weighted by Gasteiger charge is 2.33. The van der Waals surface area contributed by atoms with E-state index in [1.807, 2.05) is 0 Å². The third kappa shape index (κ3) is 5.93. The molecule has 2 heterocycles. The molecule has 0 spiro atoms. The molecule has 41 heavy (non-hydrogen) atoms. The third-order valence-corrected chi connectivity index (χ3v) is 6.76. The molecule has 0 radical (unpaired) electrons. The Morgan fingerprint density at radius 2 is 1.71 bits per heavy atom. The van der Waals surface area contributed by atoms with Crippen molar-refractivity contribution in [1.29, 1.82) is 0 Å². The Morgan fingerprint density at radius 3 is 2.44 bits per heavy atom. The Balaban J connectivity index is 1.51. The van der Waals surface area contributed by atoms with Crippen LogP contribution >= 0.6 is 0 Å². The predicted octanol–water partition coefficient (Wildman–Crippen LogP) is 4.93. The first-order chi connectivity index (χ1) is 19.6. The van der Waals surface area contributed by atoms with Crippen molar-refractivity contribution >= 4 is 23.4 Å². The van der Waals surface area contributed by atoms with Gasteiger partial charge in [-0.2, -0.15) is 0 Å². The molecule has 208 valence electrons. The van der Waals surface area contributed by atoms with E-state index in [9.17, 15) is 31.9 Å². The van der Waals surface area contributed by atoms with Crippen LogP contribution in [0.5, 0.6) is 0 Å². The van der Waals surface area contributed by atoms with Gasteiger partial charge in [0.25, 0.3) is 5.91 Å². The lowest BCUT2D eigenvalue weighted by Crippen LogP contribution is -2.33. The van der Waals surface area contributed by atoms with Gasteiger partial charge < -0.3 is 16.4 Å². The van der Waals surface area contributed by atoms with Crippen molar-refractivity contribution in [3.63, 3.8) is 0 Å². The molecule has 7 nitrogen and oxygen atoms in total. The molecule has 0 saturated heterocycles. The fourth-order valence-corrected chi connectivity index (χ4v) is 4.94. The van der Waals surface area contributed by atoms with Gasteiger partial charge in [-0.15, -0.1) is 0 Å². The maximum Gasteiger partial charge on any atom is 0.251 e. The zero-order valence-corrected chi connectivity index (χ0v) is 21.3. The second-order valence-corrected chi connectivity index (χ2v) is 9.57. The topological polar surface area (TPSA) is 114 Å². The van der Waals surface area contributed by atoms with Crippen LogP contribution in [0.4, 0.5) is 23.2 Å². The third-order valence-electron chi connectivity index (χ3n) is 6.76. The summed E-state index contributed by atoms with van der Waals surface area (Å²) in [4.78, 5) is 42.0. The maximum absolute atomic E-state index is 14.2. The molecular formula is C30H22F4N4O3. The molecule has 1 unspecified atom stereocenters. The summed E-state index contributed by atoms with van der Waals surface area (Å²) in [5.74, 6) is -6.07. The molecule has 3 amide bonds. The summed E-state index contributed by atoms with van der Waals surface area (Å²) in [6.07, 6.45) is 0.976. The lowest BCUT2D eigenvalue weighted by Gasteiger charge is -2.22. The van der Waals surface area contributed by atoms with Crippen LogP contribution in [0.1, 0.15) is 45.6 Å². The Labute approximate surface area is 231 Å². The number of benzene rings is 3. The van der Waals surface area contributed by atoms with E-state index in [1.54, 1.807) is 12.1 Å². The van der Waals surface area contributed by atoms with Gasteiger partial charge in [-0.3, -0.25) is 19.4 Å². The van der Waals surface area contributed by atoms with E-state index in [4.69, 9.17) is 5.73 Å². The molecule has 0 bridgehead atoms. The molecule has 1 aliphatic rings. The van der Waals surface area contributed by atoms with Gasteiger partial charge in [0.15, 0.2) is 0 Å². The largest absolute Gasteiger partial charge is 0.366 e. The number of carbonyl (C=O) groups is 3. The Morgan fingerprint density at radius 1 is 0.951 bits per heavy atom. The Hall–Kier alpha value is -5.06. The molecule has 5 rings (SSSR count). The average molecular weight is 563 g/mol. The Bertz CT molecular complexity index is 1670. The average Bonchev–Trinajstić information content (AvgIpc) is 3.21. The van der Waals surface area contributed by atoms with Crippen LogP contribution in [-0.2, 0) is 16.0 Å². The number of fused-ring (bicyclic) bond motifs is 1. The van der Waals surface area contributed by atoms with Gasteiger partial charge in [0, 0.05) is 29.9 Å². The van der Waals surface area contributed by atoms with Crippen molar-refractivity contribution in [1.82, 2.24) is 10.3 Å². The van der Waals surface area contributed by atoms with E-state index in [0.717, 1.165) is 18.2 Å². The molecule has 0 aliphatic carbocycles. The van der Waals surface area contributed by atoms with Crippen LogP contribution in [0, 0.1) is 23.3 Å². The van der Waals surface area contributed by atoms with Gasteiger partial charge in [0.2, 0.25) is 11.8 Å². The minimum atomic E-state index is -0.988. The second-order valence-electron chi connectivity index (χ2n) is 9.57. The summed E-state index contributed by atoms with van der Waals surface area (Å²) in [6.45, 7) is 0. The van der Waals surface area contributed by atoms with Crippen LogP contribution in [0.3, 0.4) is 0 Å².